The zero-order chi connectivity index (χ0) is 10.7. The second-order valence-corrected chi connectivity index (χ2v) is 3.58. The Hall–Kier alpha value is -1.61. The lowest BCUT2D eigenvalue weighted by atomic mass is 10.3. The summed E-state index contributed by atoms with van der Waals surface area (Å²) in [5, 5.41) is 4.81. The number of carbonyl (C=O) groups is 1. The standard InChI is InChI=1S/C11H9ClN2O/c12-10-2-1-3-11(6-10)14-8-9(4-5-15)7-13-14/h1-3,5-8H,4H2. The zero-order valence-electron chi connectivity index (χ0n) is 7.93. The van der Waals surface area contributed by atoms with E-state index in [2.05, 4.69) is 5.10 Å². The third kappa shape index (κ3) is 2.25. The Bertz CT molecular complexity index is 479. The van der Waals surface area contributed by atoms with Gasteiger partial charge in [0, 0.05) is 17.6 Å². The lowest BCUT2D eigenvalue weighted by Gasteiger charge is -2.00. The van der Waals surface area contributed by atoms with Crippen molar-refractivity contribution in [2.45, 2.75) is 6.42 Å². The fraction of sp³-hybridized carbons (Fsp3) is 0.0909. The number of hydrogen-bond donors (Lipinski definition) is 0. The maximum atomic E-state index is 10.3. The van der Waals surface area contributed by atoms with Gasteiger partial charge in [-0.3, -0.25) is 0 Å². The Labute approximate surface area is 92.3 Å². The summed E-state index contributed by atoms with van der Waals surface area (Å²) >= 11 is 5.87. The first-order valence-electron chi connectivity index (χ1n) is 4.53. The molecule has 2 rings (SSSR count). The fourth-order valence-electron chi connectivity index (χ4n) is 1.32. The minimum Gasteiger partial charge on any atom is -0.303 e. The number of rotatable bonds is 3. The highest BCUT2D eigenvalue weighted by Gasteiger charge is 2.00. The number of nitrogens with zero attached hydrogens (tertiary/aromatic N) is 2. The number of hydrogen-bond acceptors (Lipinski definition) is 2. The van der Waals surface area contributed by atoms with Crippen LogP contribution in [0, 0.1) is 0 Å². The molecule has 0 amide bonds. The van der Waals surface area contributed by atoms with Gasteiger partial charge >= 0.3 is 0 Å². The zero-order valence-corrected chi connectivity index (χ0v) is 8.69. The van der Waals surface area contributed by atoms with E-state index in [0.717, 1.165) is 17.5 Å². The summed E-state index contributed by atoms with van der Waals surface area (Å²) in [6.07, 6.45) is 4.75. The Balaban J connectivity index is 2.32. The molecule has 0 saturated heterocycles. The van der Waals surface area contributed by atoms with E-state index < -0.39 is 0 Å². The highest BCUT2D eigenvalue weighted by molar-refractivity contribution is 6.30. The molecule has 0 bridgehead atoms. The summed E-state index contributed by atoms with van der Waals surface area (Å²) in [6.45, 7) is 0. The third-order valence-corrected chi connectivity index (χ3v) is 2.26. The van der Waals surface area contributed by atoms with E-state index in [9.17, 15) is 4.79 Å². The molecule has 0 radical (unpaired) electrons. The third-order valence-electron chi connectivity index (χ3n) is 2.03. The molecule has 0 aliphatic heterocycles. The van der Waals surface area contributed by atoms with Crippen molar-refractivity contribution in [2.24, 2.45) is 0 Å². The van der Waals surface area contributed by atoms with E-state index in [4.69, 9.17) is 11.6 Å². The van der Waals surface area contributed by atoms with Crippen molar-refractivity contribution in [1.82, 2.24) is 9.78 Å². The molecule has 0 aliphatic carbocycles. The number of halogens is 1. The summed E-state index contributed by atoms with van der Waals surface area (Å²) in [5.74, 6) is 0. The van der Waals surface area contributed by atoms with Crippen LogP contribution in [0.5, 0.6) is 0 Å². The maximum Gasteiger partial charge on any atom is 0.124 e. The van der Waals surface area contributed by atoms with Crippen molar-refractivity contribution in [3.63, 3.8) is 0 Å². The summed E-state index contributed by atoms with van der Waals surface area (Å²) in [7, 11) is 0. The lowest BCUT2D eigenvalue weighted by molar-refractivity contribution is -0.107. The quantitative estimate of drug-likeness (QED) is 0.744. The van der Waals surface area contributed by atoms with Crippen LogP contribution in [0.1, 0.15) is 5.56 Å². The molecule has 0 saturated carbocycles. The van der Waals surface area contributed by atoms with Crippen LogP contribution >= 0.6 is 11.6 Å². The number of aldehydes is 1. The van der Waals surface area contributed by atoms with Gasteiger partial charge in [-0.05, 0) is 23.8 Å². The van der Waals surface area contributed by atoms with Gasteiger partial charge in [-0.15, -0.1) is 0 Å². The smallest absolute Gasteiger partial charge is 0.124 e. The second kappa shape index (κ2) is 4.28. The molecule has 2 aromatic rings. The minimum atomic E-state index is 0.389. The molecule has 0 spiro atoms. The number of benzene rings is 1. The van der Waals surface area contributed by atoms with Crippen LogP contribution in [0.4, 0.5) is 0 Å². The van der Waals surface area contributed by atoms with Crippen LogP contribution in [-0.2, 0) is 11.2 Å². The first-order chi connectivity index (χ1) is 7.29. The van der Waals surface area contributed by atoms with Gasteiger partial charge in [0.15, 0.2) is 0 Å². The molecule has 15 heavy (non-hydrogen) atoms. The van der Waals surface area contributed by atoms with E-state index in [1.807, 2.05) is 24.4 Å². The van der Waals surface area contributed by atoms with Crippen molar-refractivity contribution in [3.8, 4) is 5.69 Å². The molecular weight excluding hydrogens is 212 g/mol. The van der Waals surface area contributed by atoms with Crippen LogP contribution in [0.2, 0.25) is 5.02 Å². The summed E-state index contributed by atoms with van der Waals surface area (Å²) in [6, 6.07) is 7.39. The molecule has 0 atom stereocenters. The largest absolute Gasteiger partial charge is 0.303 e. The van der Waals surface area contributed by atoms with Gasteiger partial charge in [0.05, 0.1) is 11.9 Å². The Kier molecular flexibility index (Phi) is 2.83. The normalized spacial score (nSPS) is 10.2. The molecular formula is C11H9ClN2O. The van der Waals surface area contributed by atoms with E-state index in [1.165, 1.54) is 0 Å². The van der Waals surface area contributed by atoms with Gasteiger partial charge in [-0.25, -0.2) is 4.68 Å². The van der Waals surface area contributed by atoms with E-state index in [0.29, 0.717) is 11.4 Å². The first-order valence-corrected chi connectivity index (χ1v) is 4.90. The molecule has 3 nitrogen and oxygen atoms in total. The maximum absolute atomic E-state index is 10.3. The molecule has 0 N–H and O–H groups in total. The van der Waals surface area contributed by atoms with Crippen LogP contribution in [-0.4, -0.2) is 16.1 Å². The Morgan fingerprint density at radius 2 is 2.33 bits per heavy atom. The number of aromatic nitrogens is 2. The van der Waals surface area contributed by atoms with Crippen LogP contribution < -0.4 is 0 Å². The van der Waals surface area contributed by atoms with Gasteiger partial charge in [-0.2, -0.15) is 5.10 Å². The van der Waals surface area contributed by atoms with Crippen LogP contribution in [0.25, 0.3) is 5.69 Å². The molecule has 0 aliphatic rings. The fourth-order valence-corrected chi connectivity index (χ4v) is 1.51. The highest BCUT2D eigenvalue weighted by atomic mass is 35.5. The predicted octanol–water partition coefficient (Wildman–Crippen LogP) is 2.27. The van der Waals surface area contributed by atoms with Crippen molar-refractivity contribution in [2.75, 3.05) is 0 Å². The Morgan fingerprint density at radius 3 is 3.07 bits per heavy atom. The van der Waals surface area contributed by atoms with Crippen molar-refractivity contribution in [1.29, 1.82) is 0 Å². The van der Waals surface area contributed by atoms with Gasteiger partial charge in [0.1, 0.15) is 6.29 Å². The summed E-state index contributed by atoms with van der Waals surface area (Å²) in [4.78, 5) is 10.3. The van der Waals surface area contributed by atoms with Gasteiger partial charge < -0.3 is 4.79 Å². The predicted molar refractivity (Wildman–Crippen MR) is 58.3 cm³/mol. The lowest BCUT2D eigenvalue weighted by Crippen LogP contribution is -1.93. The van der Waals surface area contributed by atoms with Gasteiger partial charge in [-0.1, -0.05) is 17.7 Å². The number of carbonyl (C=O) groups excluding carboxylic acids is 1. The van der Waals surface area contributed by atoms with Gasteiger partial charge in [0.2, 0.25) is 0 Å². The molecule has 4 heteroatoms. The molecule has 76 valence electrons. The minimum absolute atomic E-state index is 0.389. The van der Waals surface area contributed by atoms with Crippen LogP contribution in [0.3, 0.4) is 0 Å². The second-order valence-electron chi connectivity index (χ2n) is 3.14. The SMILES string of the molecule is O=CCc1cnn(-c2cccc(Cl)c2)c1. The van der Waals surface area contributed by atoms with E-state index in [1.54, 1.807) is 16.9 Å². The monoisotopic (exact) mass is 220 g/mol. The van der Waals surface area contributed by atoms with Crippen molar-refractivity contribution < 1.29 is 4.79 Å². The van der Waals surface area contributed by atoms with E-state index in [-0.39, 0.29) is 0 Å². The van der Waals surface area contributed by atoms with Crippen LogP contribution in [0.15, 0.2) is 36.7 Å². The molecule has 0 unspecified atom stereocenters. The molecule has 1 heterocycles. The molecule has 0 fully saturated rings. The summed E-state index contributed by atoms with van der Waals surface area (Å²) < 4.78 is 1.70. The topological polar surface area (TPSA) is 34.9 Å². The van der Waals surface area contributed by atoms with E-state index >= 15 is 0 Å². The van der Waals surface area contributed by atoms with Gasteiger partial charge in [0.25, 0.3) is 0 Å². The molecule has 1 aromatic heterocycles. The summed E-state index contributed by atoms with van der Waals surface area (Å²) in [5.41, 5.74) is 1.78. The molecule has 1 aromatic carbocycles. The highest BCUT2D eigenvalue weighted by Crippen LogP contribution is 2.14. The van der Waals surface area contributed by atoms with Crippen molar-refractivity contribution in [3.05, 3.63) is 47.2 Å². The average molecular weight is 221 g/mol. The first kappa shape index (κ1) is 9.93. The average Bonchev–Trinajstić information content (AvgIpc) is 2.67. The Morgan fingerprint density at radius 1 is 1.47 bits per heavy atom. The van der Waals surface area contributed by atoms with Crippen molar-refractivity contribution >= 4 is 17.9 Å².